The maximum absolute atomic E-state index is 14.8. The third-order valence-electron chi connectivity index (χ3n) is 8.21. The molecule has 2 heterocycles. The summed E-state index contributed by atoms with van der Waals surface area (Å²) in [6.45, 7) is 3.46. The number of benzene rings is 1. The number of carbonyl (C=O) groups excluding carboxylic acids is 2. The Balaban J connectivity index is 1.18. The fraction of sp³-hybridized carbons (Fsp3) is 0.630. The van der Waals surface area contributed by atoms with Gasteiger partial charge in [-0.15, -0.1) is 6.42 Å². The summed E-state index contributed by atoms with van der Waals surface area (Å²) in [5.41, 5.74) is -0.657. The number of nitrogens with one attached hydrogen (secondary N) is 2. The van der Waals surface area contributed by atoms with E-state index >= 15 is 0 Å². The van der Waals surface area contributed by atoms with Crippen LogP contribution in [0.2, 0.25) is 0 Å². The van der Waals surface area contributed by atoms with E-state index in [-0.39, 0.29) is 23.4 Å². The number of hydrogen-bond donors (Lipinski definition) is 2. The summed E-state index contributed by atoms with van der Waals surface area (Å²) in [4.78, 5) is 30.2. The highest BCUT2D eigenvalue weighted by Crippen LogP contribution is 2.43. The van der Waals surface area contributed by atoms with Crippen LogP contribution in [0.15, 0.2) is 30.3 Å². The molecule has 188 valence electrons. The van der Waals surface area contributed by atoms with Crippen LogP contribution in [0, 0.1) is 17.8 Å². The second kappa shape index (κ2) is 9.09. The van der Waals surface area contributed by atoms with E-state index in [4.69, 9.17) is 6.42 Å². The zero-order valence-electron chi connectivity index (χ0n) is 20.1. The maximum Gasteiger partial charge on any atom is 0.318 e. The molecule has 1 aromatic carbocycles. The largest absolute Gasteiger partial charge is 0.338 e. The summed E-state index contributed by atoms with van der Waals surface area (Å²) in [7, 11) is 0. The first-order valence-corrected chi connectivity index (χ1v) is 12.8. The lowest BCUT2D eigenvalue weighted by Crippen LogP contribution is -2.65. The van der Waals surface area contributed by atoms with Crippen molar-refractivity contribution in [3.8, 4) is 12.3 Å². The van der Waals surface area contributed by atoms with Crippen LogP contribution in [0.3, 0.4) is 0 Å². The van der Waals surface area contributed by atoms with Crippen molar-refractivity contribution in [2.45, 2.75) is 74.9 Å². The Morgan fingerprint density at radius 3 is 2.34 bits per heavy atom. The Kier molecular flexibility index (Phi) is 6.25. The number of urea groups is 1. The number of likely N-dealkylation sites (tertiary alicyclic amines) is 2. The first-order valence-electron chi connectivity index (χ1n) is 12.8. The molecule has 3 amide bonds. The summed E-state index contributed by atoms with van der Waals surface area (Å²) >= 11 is 0. The molecule has 4 fully saturated rings. The molecule has 2 aliphatic heterocycles. The molecule has 0 unspecified atom stereocenters. The van der Waals surface area contributed by atoms with Gasteiger partial charge in [-0.2, -0.15) is 0 Å². The Morgan fingerprint density at radius 2 is 1.77 bits per heavy atom. The van der Waals surface area contributed by atoms with Crippen LogP contribution in [0.4, 0.5) is 13.6 Å². The van der Waals surface area contributed by atoms with Crippen LogP contribution in [-0.2, 0) is 10.7 Å². The molecule has 0 aromatic heterocycles. The molecule has 2 saturated carbocycles. The van der Waals surface area contributed by atoms with Crippen molar-refractivity contribution in [3.63, 3.8) is 0 Å². The highest BCUT2D eigenvalue weighted by molar-refractivity contribution is 5.88. The van der Waals surface area contributed by atoms with Crippen molar-refractivity contribution in [2.75, 3.05) is 26.2 Å². The Morgan fingerprint density at radius 1 is 1.11 bits per heavy atom. The first kappa shape index (κ1) is 24.1. The van der Waals surface area contributed by atoms with Crippen molar-refractivity contribution in [1.29, 1.82) is 0 Å². The third kappa shape index (κ3) is 5.30. The molecule has 35 heavy (non-hydrogen) atoms. The minimum atomic E-state index is -3.11. The van der Waals surface area contributed by atoms with Gasteiger partial charge in [0.25, 0.3) is 5.92 Å². The SMILES string of the molecule is C#CC1(NC(=O)[C@H](CCC(F)(F)c2ccccc2)NC(=O)N2CC3(CCN(C4CC4)CC3)C2)CC1. The first-order chi connectivity index (χ1) is 16.7. The van der Waals surface area contributed by atoms with Gasteiger partial charge >= 0.3 is 6.03 Å². The van der Waals surface area contributed by atoms with Gasteiger partial charge in [0, 0.05) is 36.5 Å². The smallest absolute Gasteiger partial charge is 0.318 e. The highest BCUT2D eigenvalue weighted by Gasteiger charge is 2.49. The lowest BCUT2D eigenvalue weighted by molar-refractivity contribution is -0.124. The quantitative estimate of drug-likeness (QED) is 0.556. The third-order valence-corrected chi connectivity index (χ3v) is 8.21. The van der Waals surface area contributed by atoms with Gasteiger partial charge in [-0.25, -0.2) is 13.6 Å². The molecule has 8 heteroatoms. The topological polar surface area (TPSA) is 64.7 Å². The molecule has 1 atom stereocenters. The summed E-state index contributed by atoms with van der Waals surface area (Å²) in [6.07, 6.45) is 10.9. The van der Waals surface area contributed by atoms with Gasteiger partial charge in [-0.1, -0.05) is 36.3 Å². The summed E-state index contributed by atoms with van der Waals surface area (Å²) in [5, 5.41) is 5.53. The second-order valence-electron chi connectivity index (χ2n) is 11.0. The average molecular weight is 485 g/mol. The lowest BCUT2D eigenvalue weighted by atomic mass is 9.72. The molecular formula is C27H34F2N4O2. The fourth-order valence-electron chi connectivity index (χ4n) is 5.44. The van der Waals surface area contributed by atoms with E-state index < -0.39 is 29.8 Å². The lowest BCUT2D eigenvalue weighted by Gasteiger charge is -2.54. The van der Waals surface area contributed by atoms with Crippen LogP contribution < -0.4 is 10.6 Å². The van der Waals surface area contributed by atoms with Crippen LogP contribution in [0.1, 0.15) is 56.9 Å². The molecular weight excluding hydrogens is 450 g/mol. The van der Waals surface area contributed by atoms with Gasteiger partial charge in [-0.05, 0) is 58.0 Å². The average Bonchev–Trinajstić information content (AvgIpc) is 3.76. The van der Waals surface area contributed by atoms with Gasteiger partial charge in [0.15, 0.2) is 0 Å². The molecule has 1 spiro atoms. The molecule has 2 aliphatic carbocycles. The van der Waals surface area contributed by atoms with Gasteiger partial charge in [0.2, 0.25) is 5.91 Å². The number of nitrogens with zero attached hydrogens (tertiary/aromatic N) is 2. The van der Waals surface area contributed by atoms with Crippen molar-refractivity contribution in [2.24, 2.45) is 5.41 Å². The van der Waals surface area contributed by atoms with Gasteiger partial charge in [-0.3, -0.25) is 4.79 Å². The van der Waals surface area contributed by atoms with Crippen molar-refractivity contribution in [1.82, 2.24) is 20.4 Å². The zero-order chi connectivity index (χ0) is 24.7. The Hall–Kier alpha value is -2.66. The maximum atomic E-state index is 14.8. The van der Waals surface area contributed by atoms with Crippen LogP contribution in [0.25, 0.3) is 0 Å². The predicted molar refractivity (Wildman–Crippen MR) is 129 cm³/mol. The number of carbonyl (C=O) groups is 2. The highest BCUT2D eigenvalue weighted by atomic mass is 19.3. The Bertz CT molecular complexity index is 984. The number of piperidine rings is 1. The van der Waals surface area contributed by atoms with Gasteiger partial charge in [0.05, 0.1) is 0 Å². The van der Waals surface area contributed by atoms with Crippen molar-refractivity contribution < 1.29 is 18.4 Å². The minimum Gasteiger partial charge on any atom is -0.338 e. The summed E-state index contributed by atoms with van der Waals surface area (Å²) < 4.78 is 29.6. The van der Waals surface area contributed by atoms with E-state index in [9.17, 15) is 18.4 Å². The Labute approximate surface area is 205 Å². The second-order valence-corrected chi connectivity index (χ2v) is 11.0. The van der Waals surface area contributed by atoms with Crippen LogP contribution in [0.5, 0.6) is 0 Å². The van der Waals surface area contributed by atoms with E-state index in [1.165, 1.54) is 25.0 Å². The van der Waals surface area contributed by atoms with E-state index in [0.717, 1.165) is 32.0 Å². The molecule has 0 radical (unpaired) electrons. The standard InChI is InChI=1S/C27H34F2N4O2/c1-2-26(12-13-26)31-23(34)22(10-11-27(28,29)20-6-4-3-5-7-20)30-24(35)33-18-25(19-33)14-16-32(17-15-25)21-8-9-21/h1,3-7,21-22H,8-19H2,(H,30,35)(H,31,34)/t22-/m0/s1. The number of amides is 3. The van der Waals surface area contributed by atoms with Crippen LogP contribution in [-0.4, -0.2) is 65.5 Å². The molecule has 2 saturated heterocycles. The molecule has 2 N–H and O–H groups in total. The number of rotatable bonds is 8. The molecule has 1 aromatic rings. The normalized spacial score (nSPS) is 23.6. The van der Waals surface area contributed by atoms with E-state index in [2.05, 4.69) is 21.5 Å². The monoisotopic (exact) mass is 484 g/mol. The molecule has 0 bridgehead atoms. The van der Waals surface area contributed by atoms with E-state index in [1.807, 2.05) is 0 Å². The summed E-state index contributed by atoms with van der Waals surface area (Å²) in [5.74, 6) is -1.02. The number of hydrogen-bond acceptors (Lipinski definition) is 3. The fourth-order valence-corrected chi connectivity index (χ4v) is 5.44. The molecule has 4 aliphatic rings. The van der Waals surface area contributed by atoms with Gasteiger partial charge < -0.3 is 20.4 Å². The number of halogens is 2. The van der Waals surface area contributed by atoms with Gasteiger partial charge in [0.1, 0.15) is 11.6 Å². The van der Waals surface area contributed by atoms with Crippen molar-refractivity contribution in [3.05, 3.63) is 35.9 Å². The van der Waals surface area contributed by atoms with E-state index in [0.29, 0.717) is 25.9 Å². The zero-order valence-corrected chi connectivity index (χ0v) is 20.1. The van der Waals surface area contributed by atoms with E-state index in [1.54, 1.807) is 23.1 Å². The van der Waals surface area contributed by atoms with Crippen molar-refractivity contribution >= 4 is 11.9 Å². The minimum absolute atomic E-state index is 0.102. The predicted octanol–water partition coefficient (Wildman–Crippen LogP) is 3.48. The molecule has 6 nitrogen and oxygen atoms in total. The van der Waals surface area contributed by atoms with Crippen LogP contribution >= 0.6 is 0 Å². The number of terminal acetylenes is 1. The summed E-state index contributed by atoms with van der Waals surface area (Å²) in [6, 6.07) is 6.88. The molecule has 5 rings (SSSR count). The number of alkyl halides is 2.